The number of aliphatic carboxylic acids is 2. The first-order valence-electron chi connectivity index (χ1n) is 12.1. The van der Waals surface area contributed by atoms with E-state index >= 15 is 0 Å². The molecular formula is C27H26BrN5O6. The van der Waals surface area contributed by atoms with Crippen molar-refractivity contribution in [1.82, 2.24) is 19.9 Å². The van der Waals surface area contributed by atoms with E-state index in [-0.39, 0.29) is 29.9 Å². The highest BCUT2D eigenvalue weighted by atomic mass is 79.9. The van der Waals surface area contributed by atoms with Crippen LogP contribution in [0.15, 0.2) is 64.0 Å². The zero-order chi connectivity index (χ0) is 28.1. The second-order valence-electron chi connectivity index (χ2n) is 8.98. The molecule has 0 saturated carbocycles. The summed E-state index contributed by atoms with van der Waals surface area (Å²) in [4.78, 5) is 54.5. The van der Waals surface area contributed by atoms with Crippen molar-refractivity contribution in [2.75, 3.05) is 5.73 Å². The van der Waals surface area contributed by atoms with Crippen molar-refractivity contribution in [1.29, 1.82) is 0 Å². The summed E-state index contributed by atoms with van der Waals surface area (Å²) in [5, 5.41) is 20.9. The summed E-state index contributed by atoms with van der Waals surface area (Å²) < 4.78 is 2.63. The predicted octanol–water partition coefficient (Wildman–Crippen LogP) is 2.95. The molecule has 202 valence electrons. The molecule has 0 unspecified atom stereocenters. The molecule has 2 aromatic carbocycles. The highest BCUT2D eigenvalue weighted by Gasteiger charge is 2.22. The number of fused-ring (bicyclic) bond motifs is 1. The second kappa shape index (κ2) is 11.9. The molecule has 0 bridgehead atoms. The van der Waals surface area contributed by atoms with Crippen LogP contribution in [0.2, 0.25) is 0 Å². The van der Waals surface area contributed by atoms with Gasteiger partial charge in [-0.25, -0.2) is 4.79 Å². The van der Waals surface area contributed by atoms with Gasteiger partial charge in [0, 0.05) is 12.0 Å². The molecule has 2 heterocycles. The maximum absolute atomic E-state index is 12.9. The number of aromatic amines is 1. The van der Waals surface area contributed by atoms with E-state index in [0.717, 1.165) is 21.3 Å². The number of amides is 1. The third-order valence-electron chi connectivity index (χ3n) is 6.28. The quantitative estimate of drug-likeness (QED) is 0.175. The second-order valence-corrected chi connectivity index (χ2v) is 9.74. The van der Waals surface area contributed by atoms with Crippen LogP contribution >= 0.6 is 15.9 Å². The van der Waals surface area contributed by atoms with Crippen LogP contribution < -0.4 is 16.6 Å². The van der Waals surface area contributed by atoms with Crippen LogP contribution in [0.5, 0.6) is 0 Å². The molecule has 0 aliphatic rings. The summed E-state index contributed by atoms with van der Waals surface area (Å²) in [5.41, 5.74) is 8.93. The molecule has 6 N–H and O–H groups in total. The number of halogens is 1. The lowest BCUT2D eigenvalue weighted by molar-refractivity contribution is -0.140. The first kappa shape index (κ1) is 27.6. The molecule has 4 rings (SSSR count). The van der Waals surface area contributed by atoms with Crippen LogP contribution in [0.4, 0.5) is 5.95 Å². The van der Waals surface area contributed by atoms with Gasteiger partial charge in [0.1, 0.15) is 6.04 Å². The largest absolute Gasteiger partial charge is 0.481 e. The summed E-state index contributed by atoms with van der Waals surface area (Å²) >= 11 is 3.66. The van der Waals surface area contributed by atoms with Crippen LogP contribution in [0.3, 0.4) is 0 Å². The van der Waals surface area contributed by atoms with Gasteiger partial charge < -0.3 is 25.8 Å². The number of carboxylic acid groups (broad SMARTS) is 2. The highest BCUT2D eigenvalue weighted by molar-refractivity contribution is 9.10. The van der Waals surface area contributed by atoms with Gasteiger partial charge in [-0.2, -0.15) is 4.98 Å². The van der Waals surface area contributed by atoms with E-state index in [1.54, 1.807) is 24.3 Å². The molecule has 1 atom stereocenters. The molecule has 0 aliphatic heterocycles. The number of hydrogen-bond donors (Lipinski definition) is 5. The minimum Gasteiger partial charge on any atom is -0.481 e. The van der Waals surface area contributed by atoms with E-state index in [1.807, 2.05) is 34.9 Å². The number of nitrogens with zero attached hydrogens (tertiary/aromatic N) is 2. The van der Waals surface area contributed by atoms with Gasteiger partial charge in [-0.3, -0.25) is 19.4 Å². The fraction of sp³-hybridized carbons (Fsp3) is 0.222. The Balaban J connectivity index is 1.52. The number of anilines is 1. The van der Waals surface area contributed by atoms with Crippen LogP contribution in [-0.4, -0.2) is 48.6 Å². The van der Waals surface area contributed by atoms with Gasteiger partial charge in [0.2, 0.25) is 5.95 Å². The van der Waals surface area contributed by atoms with Crippen molar-refractivity contribution < 1.29 is 24.6 Å². The van der Waals surface area contributed by atoms with Crippen LogP contribution in [-0.2, 0) is 29.0 Å². The first-order valence-corrected chi connectivity index (χ1v) is 12.9. The Hall–Kier alpha value is -4.45. The third kappa shape index (κ3) is 6.52. The molecule has 12 heteroatoms. The number of carbonyl (C=O) groups excluding carboxylic acids is 1. The molecule has 11 nitrogen and oxygen atoms in total. The lowest BCUT2D eigenvalue weighted by Crippen LogP contribution is -2.41. The molecule has 0 fully saturated rings. The van der Waals surface area contributed by atoms with Crippen molar-refractivity contribution in [3.8, 4) is 0 Å². The maximum Gasteiger partial charge on any atom is 0.326 e. The molecular weight excluding hydrogens is 570 g/mol. The van der Waals surface area contributed by atoms with Gasteiger partial charge in [0.05, 0.1) is 16.5 Å². The SMILES string of the molecule is Nc1nc2c(c(CCc3ccc(C(=O)N[C@@H](CCC(=O)O)C(=O)O)cc3)c(Br)n2Cc2ccccc2)c(=O)[nH]1. The molecule has 0 spiro atoms. The minimum absolute atomic E-state index is 0.0281. The number of benzene rings is 2. The monoisotopic (exact) mass is 595 g/mol. The number of carbonyl (C=O) groups is 3. The van der Waals surface area contributed by atoms with Crippen molar-refractivity contribution in [3.05, 3.63) is 91.8 Å². The van der Waals surface area contributed by atoms with Gasteiger partial charge in [-0.1, -0.05) is 42.5 Å². The van der Waals surface area contributed by atoms with Gasteiger partial charge in [0.25, 0.3) is 11.5 Å². The van der Waals surface area contributed by atoms with E-state index in [4.69, 9.17) is 10.8 Å². The summed E-state index contributed by atoms with van der Waals surface area (Å²) in [5.74, 6) is -3.03. The van der Waals surface area contributed by atoms with Gasteiger partial charge in [-0.05, 0) is 64.0 Å². The average Bonchev–Trinajstić information content (AvgIpc) is 3.16. The molecule has 4 aromatic rings. The van der Waals surface area contributed by atoms with E-state index in [1.165, 1.54) is 0 Å². The molecule has 1 amide bonds. The average molecular weight is 596 g/mol. The Morgan fingerprint density at radius 1 is 1.03 bits per heavy atom. The zero-order valence-corrected chi connectivity index (χ0v) is 22.3. The van der Waals surface area contributed by atoms with Crippen molar-refractivity contribution in [2.45, 2.75) is 38.3 Å². The van der Waals surface area contributed by atoms with E-state index < -0.39 is 23.9 Å². The Kier molecular flexibility index (Phi) is 8.45. The van der Waals surface area contributed by atoms with Crippen molar-refractivity contribution in [2.24, 2.45) is 0 Å². The lowest BCUT2D eigenvalue weighted by atomic mass is 10.0. The van der Waals surface area contributed by atoms with Crippen LogP contribution in [0.1, 0.15) is 39.9 Å². The number of hydrogen-bond acceptors (Lipinski definition) is 6. The number of aryl methyl sites for hydroxylation is 2. The summed E-state index contributed by atoms with van der Waals surface area (Å²) in [7, 11) is 0. The fourth-order valence-corrected chi connectivity index (χ4v) is 4.99. The number of aromatic nitrogens is 3. The summed E-state index contributed by atoms with van der Waals surface area (Å²) in [6.07, 6.45) is 0.444. The fourth-order valence-electron chi connectivity index (χ4n) is 4.30. The molecule has 2 aromatic heterocycles. The Morgan fingerprint density at radius 2 is 1.72 bits per heavy atom. The van der Waals surface area contributed by atoms with Gasteiger partial charge in [-0.15, -0.1) is 0 Å². The maximum atomic E-state index is 12.9. The standard InChI is InChI=1S/C27H26BrN5O6/c28-22-18(21-23(31-27(29)32-25(21)37)33(22)14-16-4-2-1-3-5-16)11-8-15-6-9-17(10-7-15)24(36)30-19(26(38)39)12-13-20(34)35/h1-7,9-10,19H,8,11-14H2,(H,30,36)(H,34,35)(H,38,39)(H3,29,31,32,37)/t19-/m0/s1. The summed E-state index contributed by atoms with van der Waals surface area (Å²) in [6.45, 7) is 0.488. The first-order chi connectivity index (χ1) is 18.6. The molecule has 39 heavy (non-hydrogen) atoms. The van der Waals surface area contributed by atoms with Gasteiger partial charge in [0.15, 0.2) is 5.65 Å². The smallest absolute Gasteiger partial charge is 0.326 e. The number of H-pyrrole nitrogens is 1. The van der Waals surface area contributed by atoms with Crippen molar-refractivity contribution in [3.63, 3.8) is 0 Å². The number of nitrogen functional groups attached to an aromatic ring is 1. The minimum atomic E-state index is -1.31. The van der Waals surface area contributed by atoms with Crippen molar-refractivity contribution >= 4 is 50.8 Å². The van der Waals surface area contributed by atoms with E-state index in [0.29, 0.717) is 30.4 Å². The zero-order valence-electron chi connectivity index (χ0n) is 20.7. The topological polar surface area (TPSA) is 180 Å². The number of rotatable bonds is 11. The Bertz CT molecular complexity index is 1580. The highest BCUT2D eigenvalue weighted by Crippen LogP contribution is 2.30. The number of carboxylic acids is 2. The van der Waals surface area contributed by atoms with Crippen LogP contribution in [0, 0.1) is 0 Å². The lowest BCUT2D eigenvalue weighted by Gasteiger charge is -2.13. The van der Waals surface area contributed by atoms with E-state index in [9.17, 15) is 24.3 Å². The van der Waals surface area contributed by atoms with Gasteiger partial charge >= 0.3 is 11.9 Å². The normalized spacial score (nSPS) is 11.8. The predicted molar refractivity (Wildman–Crippen MR) is 148 cm³/mol. The Morgan fingerprint density at radius 3 is 2.36 bits per heavy atom. The molecule has 0 aliphatic carbocycles. The van der Waals surface area contributed by atoms with Crippen LogP contribution in [0.25, 0.3) is 11.0 Å². The third-order valence-corrected chi connectivity index (χ3v) is 7.18. The molecule has 0 saturated heterocycles. The summed E-state index contributed by atoms with van der Waals surface area (Å²) in [6, 6.07) is 15.1. The number of nitrogens with two attached hydrogens (primary N) is 1. The number of nitrogens with one attached hydrogen (secondary N) is 2. The molecule has 0 radical (unpaired) electrons. The van der Waals surface area contributed by atoms with E-state index in [2.05, 4.69) is 31.2 Å². The Labute approximate surface area is 230 Å².